The summed E-state index contributed by atoms with van der Waals surface area (Å²) in [6.07, 6.45) is -0.536. The van der Waals surface area contributed by atoms with Gasteiger partial charge in [-0.05, 0) is 30.4 Å². The zero-order valence-corrected chi connectivity index (χ0v) is 8.59. The third-order valence-corrected chi connectivity index (χ3v) is 3.00. The van der Waals surface area contributed by atoms with Crippen LogP contribution in [0.3, 0.4) is 0 Å². The first-order chi connectivity index (χ1) is 7.52. The summed E-state index contributed by atoms with van der Waals surface area (Å²) in [7, 11) is 0. The summed E-state index contributed by atoms with van der Waals surface area (Å²) in [6, 6.07) is 0.952. The van der Waals surface area contributed by atoms with Crippen LogP contribution >= 0.6 is 0 Å². The second-order valence-electron chi connectivity index (χ2n) is 4.05. The van der Waals surface area contributed by atoms with E-state index in [0.717, 1.165) is 25.3 Å². The molecular weight excluding hydrogens is 219 g/mol. The lowest BCUT2D eigenvalue weighted by molar-refractivity contribution is -0.138. The van der Waals surface area contributed by atoms with Crippen LogP contribution in [0.2, 0.25) is 0 Å². The average molecular weight is 231 g/mol. The molecule has 0 bridgehead atoms. The monoisotopic (exact) mass is 231 g/mol. The maximum Gasteiger partial charge on any atom is 0.416 e. The fraction of sp³-hybridized carbons (Fsp3) is 0.545. The van der Waals surface area contributed by atoms with E-state index in [1.165, 1.54) is 6.20 Å². The van der Waals surface area contributed by atoms with Crippen molar-refractivity contribution in [2.45, 2.75) is 38.0 Å². The standard InChI is InChI=1S/C11H12F3NO/c12-11(13,14)10-4-8(6-16)15-5-9(10)7-2-1-3-7/h4-5,7,16H,1-3,6H2. The number of hydrogen-bond acceptors (Lipinski definition) is 2. The molecule has 0 amide bonds. The number of rotatable bonds is 2. The molecule has 0 spiro atoms. The summed E-state index contributed by atoms with van der Waals surface area (Å²) in [5.41, 5.74) is -0.303. The minimum atomic E-state index is -4.36. The number of aliphatic hydroxyl groups is 1. The van der Waals surface area contributed by atoms with Gasteiger partial charge in [-0.3, -0.25) is 4.98 Å². The highest BCUT2D eigenvalue weighted by molar-refractivity contribution is 5.33. The van der Waals surface area contributed by atoms with E-state index in [4.69, 9.17) is 5.11 Å². The Hall–Kier alpha value is -1.10. The van der Waals surface area contributed by atoms with Crippen LogP contribution in [0.4, 0.5) is 13.2 Å². The molecule has 16 heavy (non-hydrogen) atoms. The van der Waals surface area contributed by atoms with Crippen molar-refractivity contribution in [2.75, 3.05) is 0 Å². The van der Waals surface area contributed by atoms with Crippen LogP contribution in [0.5, 0.6) is 0 Å². The number of pyridine rings is 1. The molecule has 2 rings (SSSR count). The van der Waals surface area contributed by atoms with Gasteiger partial charge in [-0.25, -0.2) is 0 Å². The Labute approximate surface area is 91.1 Å². The van der Waals surface area contributed by atoms with Crippen LogP contribution in [0.15, 0.2) is 12.3 Å². The number of aromatic nitrogens is 1. The van der Waals surface area contributed by atoms with Crippen molar-refractivity contribution in [3.8, 4) is 0 Å². The number of halogens is 3. The normalized spacial score (nSPS) is 17.2. The van der Waals surface area contributed by atoms with Crippen molar-refractivity contribution in [3.05, 3.63) is 29.1 Å². The highest BCUT2D eigenvalue weighted by Gasteiger charge is 2.37. The second-order valence-corrected chi connectivity index (χ2v) is 4.05. The van der Waals surface area contributed by atoms with Gasteiger partial charge >= 0.3 is 6.18 Å². The van der Waals surface area contributed by atoms with Crippen LogP contribution in [0.25, 0.3) is 0 Å². The fourth-order valence-corrected chi connectivity index (χ4v) is 1.89. The zero-order chi connectivity index (χ0) is 11.8. The molecule has 1 heterocycles. The second kappa shape index (κ2) is 4.05. The lowest BCUT2D eigenvalue weighted by Crippen LogP contribution is -2.17. The Morgan fingerprint density at radius 2 is 2.06 bits per heavy atom. The van der Waals surface area contributed by atoms with Crippen molar-refractivity contribution < 1.29 is 18.3 Å². The SMILES string of the molecule is OCc1cc(C(F)(F)F)c(C2CCC2)cn1. The van der Waals surface area contributed by atoms with Gasteiger partial charge in [-0.1, -0.05) is 6.42 Å². The summed E-state index contributed by atoms with van der Waals surface area (Å²) in [4.78, 5) is 3.82. The molecule has 1 saturated carbocycles. The topological polar surface area (TPSA) is 33.1 Å². The third-order valence-electron chi connectivity index (χ3n) is 3.00. The molecule has 0 aliphatic heterocycles. The van der Waals surface area contributed by atoms with Gasteiger partial charge in [-0.15, -0.1) is 0 Å². The maximum absolute atomic E-state index is 12.8. The summed E-state index contributed by atoms with van der Waals surface area (Å²) in [6.45, 7) is -0.464. The van der Waals surface area contributed by atoms with Crippen molar-refractivity contribution in [3.63, 3.8) is 0 Å². The molecule has 5 heteroatoms. The molecule has 0 radical (unpaired) electrons. The van der Waals surface area contributed by atoms with E-state index < -0.39 is 18.3 Å². The van der Waals surface area contributed by atoms with Gasteiger partial charge in [0.05, 0.1) is 17.9 Å². The van der Waals surface area contributed by atoms with E-state index in [1.807, 2.05) is 0 Å². The van der Waals surface area contributed by atoms with Gasteiger partial charge < -0.3 is 5.11 Å². The summed E-state index contributed by atoms with van der Waals surface area (Å²) in [5.74, 6) is -0.0168. The van der Waals surface area contributed by atoms with Crippen LogP contribution in [0, 0.1) is 0 Å². The highest BCUT2D eigenvalue weighted by atomic mass is 19.4. The zero-order valence-electron chi connectivity index (χ0n) is 8.59. The molecule has 0 saturated heterocycles. The number of alkyl halides is 3. The van der Waals surface area contributed by atoms with E-state index >= 15 is 0 Å². The van der Waals surface area contributed by atoms with Crippen LogP contribution in [-0.2, 0) is 12.8 Å². The van der Waals surface area contributed by atoms with Gasteiger partial charge in [0.25, 0.3) is 0 Å². The molecule has 0 unspecified atom stereocenters. The van der Waals surface area contributed by atoms with Gasteiger partial charge in [0, 0.05) is 6.20 Å². The Morgan fingerprint density at radius 1 is 1.38 bits per heavy atom. The summed E-state index contributed by atoms with van der Waals surface area (Å²) in [5, 5.41) is 8.80. The van der Waals surface area contributed by atoms with E-state index in [2.05, 4.69) is 4.98 Å². The first kappa shape index (κ1) is 11.4. The number of nitrogens with zero attached hydrogens (tertiary/aromatic N) is 1. The minimum Gasteiger partial charge on any atom is -0.390 e. The van der Waals surface area contributed by atoms with Crippen LogP contribution in [-0.4, -0.2) is 10.1 Å². The van der Waals surface area contributed by atoms with E-state index in [9.17, 15) is 13.2 Å². The lowest BCUT2D eigenvalue weighted by atomic mass is 9.79. The van der Waals surface area contributed by atoms with Gasteiger partial charge in [0.2, 0.25) is 0 Å². The fourth-order valence-electron chi connectivity index (χ4n) is 1.89. The van der Waals surface area contributed by atoms with Crippen LogP contribution in [0.1, 0.15) is 42.0 Å². The minimum absolute atomic E-state index is 0.0168. The first-order valence-corrected chi connectivity index (χ1v) is 5.19. The predicted octanol–water partition coefficient (Wildman–Crippen LogP) is 2.86. The molecule has 1 fully saturated rings. The Balaban J connectivity index is 2.42. The first-order valence-electron chi connectivity index (χ1n) is 5.19. The molecule has 0 aromatic carbocycles. The quantitative estimate of drug-likeness (QED) is 0.848. The van der Waals surface area contributed by atoms with Crippen molar-refractivity contribution in [1.29, 1.82) is 0 Å². The molecule has 2 nitrogen and oxygen atoms in total. The lowest BCUT2D eigenvalue weighted by Gasteiger charge is -2.28. The maximum atomic E-state index is 12.8. The van der Waals surface area contributed by atoms with Crippen molar-refractivity contribution in [2.24, 2.45) is 0 Å². The van der Waals surface area contributed by atoms with Crippen molar-refractivity contribution >= 4 is 0 Å². The molecule has 0 atom stereocenters. The third kappa shape index (κ3) is 2.04. The highest BCUT2D eigenvalue weighted by Crippen LogP contribution is 2.42. The molecule has 1 aromatic heterocycles. The Kier molecular flexibility index (Phi) is 2.88. The van der Waals surface area contributed by atoms with Crippen LogP contribution < -0.4 is 0 Å². The smallest absolute Gasteiger partial charge is 0.390 e. The molecule has 88 valence electrons. The predicted molar refractivity (Wildman–Crippen MR) is 51.8 cm³/mol. The van der Waals surface area contributed by atoms with Gasteiger partial charge in [-0.2, -0.15) is 13.2 Å². The molecule has 1 aliphatic carbocycles. The average Bonchev–Trinajstić information content (AvgIpc) is 2.14. The molecule has 1 aromatic rings. The number of hydrogen-bond donors (Lipinski definition) is 1. The number of aliphatic hydroxyl groups excluding tert-OH is 1. The van der Waals surface area contributed by atoms with E-state index in [0.29, 0.717) is 0 Å². The van der Waals surface area contributed by atoms with E-state index in [1.54, 1.807) is 0 Å². The summed E-state index contributed by atoms with van der Waals surface area (Å²) >= 11 is 0. The van der Waals surface area contributed by atoms with E-state index in [-0.39, 0.29) is 17.2 Å². The van der Waals surface area contributed by atoms with Gasteiger partial charge in [0.1, 0.15) is 0 Å². The Morgan fingerprint density at radius 3 is 2.50 bits per heavy atom. The Bertz CT molecular complexity index is 385. The van der Waals surface area contributed by atoms with Gasteiger partial charge in [0.15, 0.2) is 0 Å². The molecule has 1 N–H and O–H groups in total. The molecule has 1 aliphatic rings. The largest absolute Gasteiger partial charge is 0.416 e. The van der Waals surface area contributed by atoms with Crippen molar-refractivity contribution in [1.82, 2.24) is 4.98 Å². The summed E-state index contributed by atoms with van der Waals surface area (Å²) < 4.78 is 38.3. The molecular formula is C11H12F3NO.